The highest BCUT2D eigenvalue weighted by Crippen LogP contribution is 2.38. The molecule has 5 rings (SSSR count). The van der Waals surface area contributed by atoms with Crippen molar-refractivity contribution in [3.05, 3.63) is 94.8 Å². The predicted molar refractivity (Wildman–Crippen MR) is 134 cm³/mol. The van der Waals surface area contributed by atoms with Crippen LogP contribution in [0.4, 0.5) is 0 Å². The summed E-state index contributed by atoms with van der Waals surface area (Å²) < 4.78 is 1.87. The van der Waals surface area contributed by atoms with Crippen molar-refractivity contribution >= 4 is 23.0 Å². The first-order chi connectivity index (χ1) is 16.7. The third kappa shape index (κ3) is 4.56. The zero-order chi connectivity index (χ0) is 23.3. The molecular formula is C26H25N5O2S. The Bertz CT molecular complexity index is 1270. The highest BCUT2D eigenvalue weighted by atomic mass is 32.1. The van der Waals surface area contributed by atoms with Crippen LogP contribution >= 0.6 is 11.3 Å². The topological polar surface area (TPSA) is 82.8 Å². The van der Waals surface area contributed by atoms with Crippen molar-refractivity contribution in [1.82, 2.24) is 20.1 Å². The van der Waals surface area contributed by atoms with E-state index in [9.17, 15) is 4.79 Å². The zero-order valence-corrected chi connectivity index (χ0v) is 19.4. The Hall–Kier alpha value is -3.59. The number of aliphatic hydroxyl groups is 1. The van der Waals surface area contributed by atoms with Gasteiger partial charge in [0.1, 0.15) is 0 Å². The molecule has 2 aromatic heterocycles. The van der Waals surface area contributed by atoms with Gasteiger partial charge in [-0.2, -0.15) is 21.5 Å². The van der Waals surface area contributed by atoms with Crippen molar-refractivity contribution in [1.29, 1.82) is 0 Å². The molecule has 2 N–H and O–H groups in total. The van der Waals surface area contributed by atoms with Crippen LogP contribution in [0.1, 0.15) is 23.6 Å². The van der Waals surface area contributed by atoms with E-state index in [0.717, 1.165) is 33.8 Å². The Morgan fingerprint density at radius 1 is 1.06 bits per heavy atom. The van der Waals surface area contributed by atoms with Gasteiger partial charge >= 0.3 is 0 Å². The summed E-state index contributed by atoms with van der Waals surface area (Å²) in [4.78, 5) is 13.2. The van der Waals surface area contributed by atoms with Crippen molar-refractivity contribution in [2.24, 2.45) is 5.10 Å². The van der Waals surface area contributed by atoms with Gasteiger partial charge in [0.2, 0.25) is 0 Å². The Kier molecular flexibility index (Phi) is 6.62. The van der Waals surface area contributed by atoms with Gasteiger partial charge in [0.15, 0.2) is 0 Å². The second kappa shape index (κ2) is 10.1. The lowest BCUT2D eigenvalue weighted by Gasteiger charge is -2.22. The van der Waals surface area contributed by atoms with Crippen LogP contribution < -0.4 is 5.32 Å². The molecule has 1 amide bonds. The number of aromatic nitrogens is 2. The summed E-state index contributed by atoms with van der Waals surface area (Å²) in [5.74, 6) is -0.143. The molecule has 1 atom stereocenters. The van der Waals surface area contributed by atoms with Gasteiger partial charge in [-0.25, -0.2) is 9.69 Å². The second-order valence-electron chi connectivity index (χ2n) is 8.00. The van der Waals surface area contributed by atoms with Gasteiger partial charge in [0.25, 0.3) is 5.91 Å². The lowest BCUT2D eigenvalue weighted by molar-refractivity contribution is -0.132. The normalized spacial score (nSPS) is 15.5. The molecule has 1 aliphatic rings. The quantitative estimate of drug-likeness (QED) is 0.382. The Morgan fingerprint density at radius 2 is 1.82 bits per heavy atom. The molecule has 0 spiro atoms. The smallest absolute Gasteiger partial charge is 0.257 e. The minimum Gasteiger partial charge on any atom is -0.395 e. The van der Waals surface area contributed by atoms with Gasteiger partial charge < -0.3 is 10.4 Å². The van der Waals surface area contributed by atoms with E-state index in [2.05, 4.69) is 10.7 Å². The van der Waals surface area contributed by atoms with E-state index in [0.29, 0.717) is 13.0 Å². The van der Waals surface area contributed by atoms with Crippen LogP contribution in [0.5, 0.6) is 0 Å². The third-order valence-electron chi connectivity index (χ3n) is 5.75. The van der Waals surface area contributed by atoms with E-state index < -0.39 is 0 Å². The van der Waals surface area contributed by atoms with Crippen LogP contribution in [0.25, 0.3) is 16.9 Å². The molecule has 34 heavy (non-hydrogen) atoms. The Balaban J connectivity index is 1.57. The second-order valence-corrected chi connectivity index (χ2v) is 8.78. The number of nitrogens with one attached hydrogen (secondary N) is 1. The fourth-order valence-electron chi connectivity index (χ4n) is 4.11. The van der Waals surface area contributed by atoms with E-state index >= 15 is 0 Å². The maximum absolute atomic E-state index is 13.2. The number of amides is 1. The summed E-state index contributed by atoms with van der Waals surface area (Å²) in [6.45, 7) is 0.430. The van der Waals surface area contributed by atoms with Crippen molar-refractivity contribution in [2.45, 2.75) is 12.5 Å². The maximum Gasteiger partial charge on any atom is 0.257 e. The van der Waals surface area contributed by atoms with Gasteiger partial charge in [-0.3, -0.25) is 4.79 Å². The van der Waals surface area contributed by atoms with Crippen LogP contribution in [0, 0.1) is 0 Å². The number of rotatable bonds is 8. The predicted octanol–water partition coefficient (Wildman–Crippen LogP) is 3.86. The molecule has 2 aromatic carbocycles. The SMILES string of the molecule is O=C(CNCCO)N1N=C(c2ccsc2)C[C@@H]1c1cn(-c2ccccc2)nc1-c1ccccc1. The number of nitrogens with zero attached hydrogens (tertiary/aromatic N) is 4. The summed E-state index contributed by atoms with van der Waals surface area (Å²) in [6.07, 6.45) is 2.61. The van der Waals surface area contributed by atoms with Gasteiger partial charge in [0.05, 0.1) is 36.3 Å². The van der Waals surface area contributed by atoms with E-state index in [-0.39, 0.29) is 25.1 Å². The molecule has 0 saturated heterocycles. The monoisotopic (exact) mass is 471 g/mol. The summed E-state index contributed by atoms with van der Waals surface area (Å²) in [5.41, 5.74) is 5.63. The minimum atomic E-state index is -0.286. The number of benzene rings is 2. The van der Waals surface area contributed by atoms with Crippen LogP contribution in [-0.2, 0) is 4.79 Å². The average Bonchev–Trinajstić information content (AvgIpc) is 3.64. The fourth-order valence-corrected chi connectivity index (χ4v) is 4.77. The minimum absolute atomic E-state index is 0.0257. The molecule has 0 unspecified atom stereocenters. The first-order valence-electron chi connectivity index (χ1n) is 11.2. The van der Waals surface area contributed by atoms with Gasteiger partial charge in [0, 0.05) is 35.9 Å². The summed E-state index contributed by atoms with van der Waals surface area (Å²) >= 11 is 1.61. The van der Waals surface area contributed by atoms with Crippen molar-refractivity contribution < 1.29 is 9.90 Å². The van der Waals surface area contributed by atoms with Crippen molar-refractivity contribution in [3.63, 3.8) is 0 Å². The van der Waals surface area contributed by atoms with E-state index in [4.69, 9.17) is 15.3 Å². The van der Waals surface area contributed by atoms with Crippen molar-refractivity contribution in [2.75, 3.05) is 19.7 Å². The van der Waals surface area contributed by atoms with Crippen LogP contribution in [0.2, 0.25) is 0 Å². The lowest BCUT2D eigenvalue weighted by atomic mass is 9.97. The molecule has 0 aliphatic carbocycles. The lowest BCUT2D eigenvalue weighted by Crippen LogP contribution is -2.36. The largest absolute Gasteiger partial charge is 0.395 e. The first kappa shape index (κ1) is 22.2. The summed E-state index contributed by atoms with van der Waals surface area (Å²) in [7, 11) is 0. The Labute approximate surface area is 202 Å². The molecule has 0 radical (unpaired) electrons. The van der Waals surface area contributed by atoms with Gasteiger partial charge in [-0.05, 0) is 29.0 Å². The number of hydrazone groups is 1. The summed E-state index contributed by atoms with van der Waals surface area (Å²) in [6, 6.07) is 21.7. The van der Waals surface area contributed by atoms with Crippen molar-refractivity contribution in [3.8, 4) is 16.9 Å². The number of carbonyl (C=O) groups excluding carboxylic acids is 1. The van der Waals surface area contributed by atoms with E-state index in [1.54, 1.807) is 16.3 Å². The molecule has 7 nitrogen and oxygen atoms in total. The zero-order valence-electron chi connectivity index (χ0n) is 18.5. The molecule has 3 heterocycles. The van der Waals surface area contributed by atoms with Crippen LogP contribution in [-0.4, -0.2) is 51.2 Å². The number of aliphatic hydroxyl groups excluding tert-OH is 1. The highest BCUT2D eigenvalue weighted by molar-refractivity contribution is 7.08. The molecular weight excluding hydrogens is 446 g/mol. The molecule has 0 fully saturated rings. The van der Waals surface area contributed by atoms with Gasteiger partial charge in [-0.15, -0.1) is 0 Å². The van der Waals surface area contributed by atoms with Crippen LogP contribution in [0.3, 0.4) is 0 Å². The molecule has 0 bridgehead atoms. The standard InChI is InChI=1S/C26H25N5O2S/c32-13-12-27-16-25(33)31-24(15-23(28-31)20-11-14-34-18-20)22-17-30(21-9-5-2-6-10-21)29-26(22)19-7-3-1-4-8-19/h1-11,14,17-18,24,27,32H,12-13,15-16H2/t24-/m1/s1. The number of hydrogen-bond donors (Lipinski definition) is 2. The number of hydrogen-bond acceptors (Lipinski definition) is 6. The first-order valence-corrected chi connectivity index (χ1v) is 12.1. The maximum atomic E-state index is 13.2. The number of carbonyl (C=O) groups is 1. The fraction of sp³-hybridized carbons (Fsp3) is 0.192. The summed E-state index contributed by atoms with van der Waals surface area (Å²) in [5, 5.41) is 27.4. The third-order valence-corrected chi connectivity index (χ3v) is 6.44. The Morgan fingerprint density at radius 3 is 2.53 bits per heavy atom. The van der Waals surface area contributed by atoms with Crippen LogP contribution in [0.15, 0.2) is 88.8 Å². The average molecular weight is 472 g/mol. The van der Waals surface area contributed by atoms with E-state index in [1.165, 1.54) is 0 Å². The highest BCUT2D eigenvalue weighted by Gasteiger charge is 2.36. The van der Waals surface area contributed by atoms with Gasteiger partial charge in [-0.1, -0.05) is 48.5 Å². The molecule has 4 aromatic rings. The molecule has 172 valence electrons. The number of para-hydroxylation sites is 1. The molecule has 1 aliphatic heterocycles. The van der Waals surface area contributed by atoms with E-state index in [1.807, 2.05) is 83.0 Å². The molecule has 8 heteroatoms. The molecule has 0 saturated carbocycles. The number of thiophene rings is 1.